The highest BCUT2D eigenvalue weighted by Gasteiger charge is 2.29. The van der Waals surface area contributed by atoms with Gasteiger partial charge in [0.15, 0.2) is 5.76 Å². The molecule has 0 spiro atoms. The van der Waals surface area contributed by atoms with Crippen molar-refractivity contribution in [1.29, 1.82) is 0 Å². The fraction of sp³-hybridized carbons (Fsp3) is 0.481. The summed E-state index contributed by atoms with van der Waals surface area (Å²) in [7, 11) is 0. The number of furan rings is 1. The van der Waals surface area contributed by atoms with Crippen LogP contribution in [-0.2, 0) is 19.4 Å². The normalized spacial score (nSPS) is 17.9. The number of halogens is 1. The summed E-state index contributed by atoms with van der Waals surface area (Å²) in [5.74, 6) is 1.16. The summed E-state index contributed by atoms with van der Waals surface area (Å²) in [5, 5.41) is 8.66. The molecule has 0 unspecified atom stereocenters. The van der Waals surface area contributed by atoms with Gasteiger partial charge in [-0.15, -0.1) is 0 Å². The van der Waals surface area contributed by atoms with Crippen molar-refractivity contribution in [3.63, 3.8) is 0 Å². The Balaban J connectivity index is 1.25. The highest BCUT2D eigenvalue weighted by molar-refractivity contribution is 6.30. The van der Waals surface area contributed by atoms with Gasteiger partial charge in [-0.3, -0.25) is 9.48 Å². The van der Waals surface area contributed by atoms with Gasteiger partial charge in [0.05, 0.1) is 12.2 Å². The second kappa shape index (κ2) is 9.96. The number of fused-ring (bicyclic) bond motifs is 3. The van der Waals surface area contributed by atoms with E-state index in [-0.39, 0.29) is 5.91 Å². The predicted molar refractivity (Wildman–Crippen MR) is 134 cm³/mol. The number of nitrogens with zero attached hydrogens (tertiary/aromatic N) is 3. The van der Waals surface area contributed by atoms with Crippen molar-refractivity contribution in [2.75, 3.05) is 19.6 Å². The lowest BCUT2D eigenvalue weighted by Gasteiger charge is -2.33. The molecule has 1 saturated heterocycles. The quantitative estimate of drug-likeness (QED) is 0.469. The third-order valence-corrected chi connectivity index (χ3v) is 7.44. The van der Waals surface area contributed by atoms with Crippen molar-refractivity contribution in [3.05, 3.63) is 63.7 Å². The van der Waals surface area contributed by atoms with E-state index in [4.69, 9.17) is 21.1 Å². The lowest BCUT2D eigenvalue weighted by Crippen LogP contribution is -2.39. The Labute approximate surface area is 206 Å². The molecule has 0 radical (unpaired) electrons. The SMILES string of the molecule is Cc1c(C(=O)NCCCN2CCCC[C@H]2C)oc2c1-c1nn(Cc3cccc(Cl)c3)cc1CC2. The van der Waals surface area contributed by atoms with E-state index in [0.29, 0.717) is 24.9 Å². The molecule has 1 aromatic carbocycles. The number of amides is 1. The van der Waals surface area contributed by atoms with Gasteiger partial charge < -0.3 is 14.6 Å². The topological polar surface area (TPSA) is 63.3 Å². The third kappa shape index (κ3) is 4.80. The predicted octanol–water partition coefficient (Wildman–Crippen LogP) is 5.25. The zero-order chi connectivity index (χ0) is 23.7. The molecule has 7 heteroatoms. The Morgan fingerprint density at radius 2 is 2.18 bits per heavy atom. The fourth-order valence-corrected chi connectivity index (χ4v) is 5.55. The van der Waals surface area contributed by atoms with Crippen LogP contribution in [0.1, 0.15) is 65.6 Å². The molecule has 1 aliphatic heterocycles. The number of hydrogen-bond acceptors (Lipinski definition) is 4. The van der Waals surface area contributed by atoms with Crippen molar-refractivity contribution in [1.82, 2.24) is 20.0 Å². The number of rotatable bonds is 7. The van der Waals surface area contributed by atoms with Gasteiger partial charge in [-0.25, -0.2) is 0 Å². The zero-order valence-electron chi connectivity index (χ0n) is 20.1. The molecule has 3 aromatic rings. The van der Waals surface area contributed by atoms with E-state index in [1.165, 1.54) is 31.4 Å². The molecule has 3 heterocycles. The minimum Gasteiger partial charge on any atom is -0.455 e. The van der Waals surface area contributed by atoms with Crippen LogP contribution in [0.4, 0.5) is 0 Å². The number of aromatic nitrogens is 2. The Morgan fingerprint density at radius 1 is 1.29 bits per heavy atom. The van der Waals surface area contributed by atoms with E-state index in [1.54, 1.807) is 0 Å². The van der Waals surface area contributed by atoms with Gasteiger partial charge in [0, 0.05) is 47.9 Å². The van der Waals surface area contributed by atoms with Gasteiger partial charge in [-0.1, -0.05) is 30.2 Å². The van der Waals surface area contributed by atoms with Crippen LogP contribution in [-0.4, -0.2) is 46.3 Å². The number of piperidine rings is 1. The second-order valence-corrected chi connectivity index (χ2v) is 10.1. The minimum atomic E-state index is -0.126. The molecule has 34 heavy (non-hydrogen) atoms. The summed E-state index contributed by atoms with van der Waals surface area (Å²) in [6.45, 7) is 7.79. The molecule has 0 saturated carbocycles. The standard InChI is InChI=1S/C27H33ClN4O2/c1-18-7-3-4-13-31(18)14-6-12-29-27(33)26-19(2)24-23(34-26)11-10-21-17-32(30-25(21)24)16-20-8-5-9-22(28)15-20/h5,8-9,15,17-18H,3-4,6-7,10-14,16H2,1-2H3,(H,29,33)/t18-/m1/s1. The van der Waals surface area contributed by atoms with Crippen molar-refractivity contribution in [2.45, 2.75) is 65.0 Å². The van der Waals surface area contributed by atoms with Crippen LogP contribution in [0.15, 0.2) is 34.9 Å². The fourth-order valence-electron chi connectivity index (χ4n) is 5.34. The minimum absolute atomic E-state index is 0.126. The van der Waals surface area contributed by atoms with E-state index in [2.05, 4.69) is 29.4 Å². The smallest absolute Gasteiger partial charge is 0.287 e. The largest absolute Gasteiger partial charge is 0.455 e. The van der Waals surface area contributed by atoms with Crippen molar-refractivity contribution < 1.29 is 9.21 Å². The molecule has 1 N–H and O–H groups in total. The first-order valence-electron chi connectivity index (χ1n) is 12.4. The summed E-state index contributed by atoms with van der Waals surface area (Å²) in [6.07, 6.45) is 8.59. The lowest BCUT2D eigenvalue weighted by atomic mass is 9.93. The van der Waals surface area contributed by atoms with Crippen LogP contribution < -0.4 is 5.32 Å². The molecular weight excluding hydrogens is 448 g/mol. The van der Waals surface area contributed by atoms with Crippen LogP contribution in [0.3, 0.4) is 0 Å². The van der Waals surface area contributed by atoms with Crippen molar-refractivity contribution >= 4 is 17.5 Å². The molecule has 1 amide bonds. The Morgan fingerprint density at radius 3 is 3.00 bits per heavy atom. The molecular formula is C27H33ClN4O2. The Hall–Kier alpha value is -2.57. The monoisotopic (exact) mass is 480 g/mol. The van der Waals surface area contributed by atoms with Crippen molar-refractivity contribution in [2.24, 2.45) is 0 Å². The number of nitrogens with one attached hydrogen (secondary N) is 1. The summed E-state index contributed by atoms with van der Waals surface area (Å²) in [6, 6.07) is 8.50. The molecule has 1 atom stereocenters. The van der Waals surface area contributed by atoms with Gasteiger partial charge in [-0.05, 0) is 69.3 Å². The average molecular weight is 481 g/mol. The Kier molecular flexibility index (Phi) is 6.79. The van der Waals surface area contributed by atoms with E-state index in [9.17, 15) is 4.79 Å². The molecule has 2 aromatic heterocycles. The first kappa shape index (κ1) is 23.2. The maximum Gasteiger partial charge on any atom is 0.287 e. The van der Waals surface area contributed by atoms with Crippen LogP contribution >= 0.6 is 11.6 Å². The van der Waals surface area contributed by atoms with Crippen LogP contribution in [0.2, 0.25) is 5.02 Å². The van der Waals surface area contributed by atoms with Crippen LogP contribution in [0.5, 0.6) is 0 Å². The maximum absolute atomic E-state index is 12.9. The molecule has 5 rings (SSSR count). The number of benzene rings is 1. The number of likely N-dealkylation sites (tertiary alicyclic amines) is 1. The number of carbonyl (C=O) groups is 1. The summed E-state index contributed by atoms with van der Waals surface area (Å²) < 4.78 is 8.03. The second-order valence-electron chi connectivity index (χ2n) is 9.68. The number of aryl methyl sites for hydroxylation is 2. The first-order valence-corrected chi connectivity index (χ1v) is 12.8. The molecule has 1 aliphatic carbocycles. The van der Waals surface area contributed by atoms with E-state index in [1.807, 2.05) is 29.8 Å². The molecule has 180 valence electrons. The molecule has 1 fully saturated rings. The maximum atomic E-state index is 12.9. The van der Waals surface area contributed by atoms with Gasteiger partial charge in [0.25, 0.3) is 5.91 Å². The highest BCUT2D eigenvalue weighted by atomic mass is 35.5. The molecule has 6 nitrogen and oxygen atoms in total. The van der Waals surface area contributed by atoms with Gasteiger partial charge in [0.1, 0.15) is 5.76 Å². The molecule has 2 aliphatic rings. The summed E-state index contributed by atoms with van der Waals surface area (Å²) in [5.41, 5.74) is 5.10. The summed E-state index contributed by atoms with van der Waals surface area (Å²) >= 11 is 6.14. The molecule has 0 bridgehead atoms. The Bertz CT molecular complexity index is 1180. The average Bonchev–Trinajstić information content (AvgIpc) is 3.38. The number of carbonyl (C=O) groups excluding carboxylic acids is 1. The van der Waals surface area contributed by atoms with E-state index >= 15 is 0 Å². The summed E-state index contributed by atoms with van der Waals surface area (Å²) in [4.78, 5) is 15.5. The van der Waals surface area contributed by atoms with Crippen LogP contribution in [0, 0.1) is 6.92 Å². The highest BCUT2D eigenvalue weighted by Crippen LogP contribution is 2.38. The van der Waals surface area contributed by atoms with Gasteiger partial charge >= 0.3 is 0 Å². The van der Waals surface area contributed by atoms with Crippen LogP contribution in [0.25, 0.3) is 11.3 Å². The number of hydrogen-bond donors (Lipinski definition) is 1. The zero-order valence-corrected chi connectivity index (χ0v) is 20.8. The van der Waals surface area contributed by atoms with E-state index < -0.39 is 0 Å². The van der Waals surface area contributed by atoms with Crippen molar-refractivity contribution in [3.8, 4) is 11.3 Å². The lowest BCUT2D eigenvalue weighted by molar-refractivity contribution is 0.0918. The van der Waals surface area contributed by atoms with E-state index in [0.717, 1.165) is 59.0 Å². The van der Waals surface area contributed by atoms with Gasteiger partial charge in [0.2, 0.25) is 0 Å². The first-order chi connectivity index (χ1) is 16.5. The third-order valence-electron chi connectivity index (χ3n) is 7.20. The van der Waals surface area contributed by atoms with Gasteiger partial charge in [-0.2, -0.15) is 5.10 Å².